The molecule has 2 amide bonds. The summed E-state index contributed by atoms with van der Waals surface area (Å²) in [6, 6.07) is 12.5. The van der Waals surface area contributed by atoms with Crippen molar-refractivity contribution >= 4 is 23.3 Å². The molecule has 3 N–H and O–H groups in total. The van der Waals surface area contributed by atoms with Crippen LogP contribution in [0.15, 0.2) is 70.8 Å². The minimum absolute atomic E-state index is 0.0859. The number of aromatic nitrogens is 2. The molecule has 0 spiro atoms. The molecule has 2 aromatic carbocycles. The third-order valence-electron chi connectivity index (χ3n) is 9.03. The van der Waals surface area contributed by atoms with Crippen molar-refractivity contribution in [3.05, 3.63) is 93.8 Å². The molecule has 0 bridgehead atoms. The second-order valence-electron chi connectivity index (χ2n) is 14.1. The van der Waals surface area contributed by atoms with E-state index in [2.05, 4.69) is 15.3 Å². The van der Waals surface area contributed by atoms with Gasteiger partial charge in [-0.3, -0.25) is 15.0 Å². The summed E-state index contributed by atoms with van der Waals surface area (Å²) in [5.74, 6) is 0.0615. The van der Waals surface area contributed by atoms with Crippen LogP contribution < -0.4 is 5.32 Å². The summed E-state index contributed by atoms with van der Waals surface area (Å²) in [6.45, 7) is 7.47. The van der Waals surface area contributed by atoms with E-state index >= 15 is 0 Å². The highest BCUT2D eigenvalue weighted by Crippen LogP contribution is 2.36. The Balaban J connectivity index is 1.31. The number of halogens is 1. The number of nitrogens with zero attached hydrogens (tertiary/aromatic N) is 4. The summed E-state index contributed by atoms with van der Waals surface area (Å²) in [5.41, 5.74) is 2.13. The monoisotopic (exact) mass is 705 g/mol. The lowest BCUT2D eigenvalue weighted by Crippen LogP contribution is -2.54. The van der Waals surface area contributed by atoms with Gasteiger partial charge in [0.25, 0.3) is 5.91 Å². The molecular formula is C37H44FN5O6S. The van der Waals surface area contributed by atoms with Gasteiger partial charge in [0.15, 0.2) is 0 Å². The number of carbonyl (C=O) groups excluding carboxylic acids is 2. The number of hydrogen-bond donors (Lipinski definition) is 3. The average Bonchev–Trinajstić information content (AvgIpc) is 3.91. The summed E-state index contributed by atoms with van der Waals surface area (Å²) in [6.07, 6.45) is 0.00814. The maximum atomic E-state index is 14.9. The van der Waals surface area contributed by atoms with Crippen molar-refractivity contribution in [2.24, 2.45) is 0 Å². The number of aliphatic hydroxyl groups is 2. The number of carbonyl (C=O) groups is 2. The van der Waals surface area contributed by atoms with E-state index in [4.69, 9.17) is 9.15 Å². The summed E-state index contributed by atoms with van der Waals surface area (Å²) in [4.78, 5) is 39.2. The first-order valence-corrected chi connectivity index (χ1v) is 17.8. The predicted molar refractivity (Wildman–Crippen MR) is 186 cm³/mol. The Kier molecular flexibility index (Phi) is 10.7. The number of thiazole rings is 1. The Labute approximate surface area is 295 Å². The molecule has 6 rings (SSSR count). The van der Waals surface area contributed by atoms with E-state index in [9.17, 15) is 24.2 Å². The molecule has 2 fully saturated rings. The quantitative estimate of drug-likeness (QED) is 0.170. The normalized spacial score (nSPS) is 21.3. The molecule has 11 nitrogen and oxygen atoms in total. The number of oxazole rings is 1. The molecule has 6 unspecified atom stereocenters. The Hall–Kier alpha value is -4.17. The zero-order valence-electron chi connectivity index (χ0n) is 28.7. The van der Waals surface area contributed by atoms with Gasteiger partial charge in [0, 0.05) is 41.2 Å². The minimum atomic E-state index is -1.38. The maximum absolute atomic E-state index is 14.9. The lowest BCUT2D eigenvalue weighted by Gasteiger charge is -2.35. The van der Waals surface area contributed by atoms with Crippen LogP contribution in [0.3, 0.4) is 0 Å². The molecule has 4 heterocycles. The molecule has 50 heavy (non-hydrogen) atoms. The predicted octanol–water partition coefficient (Wildman–Crippen LogP) is 5.98. The highest BCUT2D eigenvalue weighted by molar-refractivity contribution is 7.09. The second kappa shape index (κ2) is 15.0. The zero-order valence-corrected chi connectivity index (χ0v) is 29.5. The van der Waals surface area contributed by atoms with Crippen molar-refractivity contribution in [1.82, 2.24) is 25.1 Å². The number of benzene rings is 2. The van der Waals surface area contributed by atoms with E-state index in [1.807, 2.05) is 47.5 Å². The second-order valence-corrected chi connectivity index (χ2v) is 14.9. The lowest BCUT2D eigenvalue weighted by atomic mass is 9.94. The number of aryl methyl sites for hydroxylation is 1. The number of ether oxygens (including phenoxy) is 1. The number of likely N-dealkylation sites (tertiary alicyclic amines) is 2. The van der Waals surface area contributed by atoms with Crippen molar-refractivity contribution in [1.29, 1.82) is 0 Å². The molecule has 13 heteroatoms. The average molecular weight is 706 g/mol. The molecule has 2 aromatic heterocycles. The Morgan fingerprint density at radius 3 is 2.62 bits per heavy atom. The summed E-state index contributed by atoms with van der Waals surface area (Å²) in [5, 5.41) is 29.6. The van der Waals surface area contributed by atoms with Crippen molar-refractivity contribution in [2.45, 2.75) is 95.6 Å². The van der Waals surface area contributed by atoms with Gasteiger partial charge in [0.1, 0.15) is 29.3 Å². The molecule has 6 atom stereocenters. The van der Waals surface area contributed by atoms with Crippen molar-refractivity contribution < 1.29 is 33.3 Å². The molecule has 4 aromatic rings. The number of rotatable bonds is 10. The highest BCUT2D eigenvalue weighted by atomic mass is 32.1. The fraction of sp³-hybridized carbons (Fsp3) is 0.459. The van der Waals surface area contributed by atoms with Crippen LogP contribution in [0, 0.1) is 6.92 Å². The van der Waals surface area contributed by atoms with E-state index in [-0.39, 0.29) is 37.2 Å². The van der Waals surface area contributed by atoms with Gasteiger partial charge >= 0.3 is 6.09 Å². The molecule has 2 aliphatic rings. The molecule has 2 aliphatic heterocycles. The number of hydrogen-bond acceptors (Lipinski definition) is 10. The van der Waals surface area contributed by atoms with Gasteiger partial charge < -0.3 is 24.3 Å². The molecule has 0 aliphatic carbocycles. The van der Waals surface area contributed by atoms with Crippen LogP contribution >= 0.6 is 11.3 Å². The van der Waals surface area contributed by atoms with Crippen molar-refractivity contribution in [3.8, 4) is 11.5 Å². The standard InChI is InChI=1S/C37H44FN5O6S/c1-22-21-50-34(40-22)29-11-8-13-42(29)35(46)26-17-24(16-25(18-26)33-39-12-14-48-33)32(45)41-28(15-23-9-6-5-7-10-23)31(44)30-19-27(38)20-43(30)36(47)49-37(2,3)4/h5-7,9-10,12,14,16-18,21,27-32,41,44-45H,8,11,13,15,19-20H2,1-4H3. The first kappa shape index (κ1) is 35.6. The SMILES string of the molecule is Cc1csc(C2CCCN2C(=O)c2cc(-c3ncco3)cc(C(O)NC(Cc3ccccc3)C(O)C3CC(F)CN3C(=O)OC(C)(C)C)c2)n1. The van der Waals surface area contributed by atoms with Crippen LogP contribution in [0.2, 0.25) is 0 Å². The van der Waals surface area contributed by atoms with Gasteiger partial charge in [0.2, 0.25) is 5.89 Å². The maximum Gasteiger partial charge on any atom is 0.410 e. The van der Waals surface area contributed by atoms with Crippen molar-refractivity contribution in [2.75, 3.05) is 13.1 Å². The smallest absolute Gasteiger partial charge is 0.410 e. The van der Waals surface area contributed by atoms with E-state index < -0.39 is 42.3 Å². The van der Waals surface area contributed by atoms with Gasteiger partial charge in [0.05, 0.1) is 30.9 Å². The first-order valence-electron chi connectivity index (χ1n) is 16.9. The fourth-order valence-electron chi connectivity index (χ4n) is 6.76. The van der Waals surface area contributed by atoms with Crippen LogP contribution in [0.25, 0.3) is 11.5 Å². The van der Waals surface area contributed by atoms with Crippen molar-refractivity contribution in [3.63, 3.8) is 0 Å². The van der Waals surface area contributed by atoms with Crippen LogP contribution in [-0.4, -0.2) is 85.0 Å². The van der Waals surface area contributed by atoms with E-state index in [1.54, 1.807) is 39.0 Å². The number of alkyl halides is 1. The Bertz CT molecular complexity index is 1760. The van der Waals surface area contributed by atoms with Gasteiger partial charge in [-0.25, -0.2) is 19.2 Å². The molecular weight excluding hydrogens is 662 g/mol. The Morgan fingerprint density at radius 1 is 1.16 bits per heavy atom. The van der Waals surface area contributed by atoms with E-state index in [1.165, 1.54) is 28.7 Å². The molecule has 2 saturated heterocycles. The van der Waals surface area contributed by atoms with Gasteiger partial charge in [-0.05, 0) is 76.3 Å². The third-order valence-corrected chi connectivity index (χ3v) is 10.1. The molecule has 266 valence electrons. The number of aliphatic hydroxyl groups excluding tert-OH is 2. The van der Waals surface area contributed by atoms with Crippen LogP contribution in [0.1, 0.15) is 84.5 Å². The highest BCUT2D eigenvalue weighted by Gasteiger charge is 2.44. The van der Waals surface area contributed by atoms with Gasteiger partial charge in [-0.1, -0.05) is 30.3 Å². The van der Waals surface area contributed by atoms with Crippen LogP contribution in [0.5, 0.6) is 0 Å². The Morgan fingerprint density at radius 2 is 1.94 bits per heavy atom. The summed E-state index contributed by atoms with van der Waals surface area (Å²) in [7, 11) is 0. The van der Waals surface area contributed by atoms with E-state index in [0.717, 1.165) is 29.1 Å². The van der Waals surface area contributed by atoms with Gasteiger partial charge in [-0.2, -0.15) is 0 Å². The number of nitrogens with one attached hydrogen (secondary N) is 1. The van der Waals surface area contributed by atoms with Crippen LogP contribution in [0.4, 0.5) is 9.18 Å². The van der Waals surface area contributed by atoms with Crippen LogP contribution in [-0.2, 0) is 11.2 Å². The first-order chi connectivity index (χ1) is 23.9. The minimum Gasteiger partial charge on any atom is -0.445 e. The topological polar surface area (TPSA) is 141 Å². The summed E-state index contributed by atoms with van der Waals surface area (Å²) >= 11 is 1.54. The zero-order chi connectivity index (χ0) is 35.6. The molecule has 0 saturated carbocycles. The van der Waals surface area contributed by atoms with E-state index in [0.29, 0.717) is 23.2 Å². The third kappa shape index (κ3) is 8.23. The lowest BCUT2D eigenvalue weighted by molar-refractivity contribution is -0.00926. The largest absolute Gasteiger partial charge is 0.445 e. The summed E-state index contributed by atoms with van der Waals surface area (Å²) < 4.78 is 26.0. The fourth-order valence-corrected chi connectivity index (χ4v) is 7.70. The van der Waals surface area contributed by atoms with Gasteiger partial charge in [-0.15, -0.1) is 11.3 Å². The molecule has 0 radical (unpaired) electrons. The number of amides is 2.